The highest BCUT2D eigenvalue weighted by atomic mass is 32.1. The third-order valence-electron chi connectivity index (χ3n) is 4.53. The molecule has 7 heteroatoms. The largest absolute Gasteiger partial charge is 0.352 e. The van der Waals surface area contributed by atoms with Crippen LogP contribution in [0.4, 0.5) is 11.5 Å². The average molecular weight is 377 g/mol. The second kappa shape index (κ2) is 7.36. The van der Waals surface area contributed by atoms with Crippen LogP contribution in [0.25, 0.3) is 0 Å². The lowest BCUT2D eigenvalue weighted by Crippen LogP contribution is -2.32. The normalized spacial score (nSPS) is 13.2. The van der Waals surface area contributed by atoms with Gasteiger partial charge in [0, 0.05) is 48.7 Å². The van der Waals surface area contributed by atoms with Gasteiger partial charge in [0.25, 0.3) is 5.91 Å². The van der Waals surface area contributed by atoms with Crippen LogP contribution in [-0.4, -0.2) is 27.4 Å². The zero-order chi connectivity index (χ0) is 18.8. The molecule has 0 spiro atoms. The molecule has 3 aromatic rings. The maximum atomic E-state index is 12.6. The van der Waals surface area contributed by atoms with E-state index in [4.69, 9.17) is 0 Å². The second-order valence-corrected chi connectivity index (χ2v) is 6.94. The number of pyridine rings is 1. The number of hydrogen-bond acceptors (Lipinski definition) is 6. The number of rotatable bonds is 3. The highest BCUT2D eigenvalue weighted by Gasteiger charge is 2.20. The van der Waals surface area contributed by atoms with Crippen molar-refractivity contribution in [2.75, 3.05) is 16.8 Å². The summed E-state index contributed by atoms with van der Waals surface area (Å²) in [5, 5.41) is 3.43. The number of hydrogen-bond donors (Lipinski definition) is 2. The van der Waals surface area contributed by atoms with E-state index in [-0.39, 0.29) is 5.91 Å². The minimum atomic E-state index is -0.148. The van der Waals surface area contributed by atoms with Crippen LogP contribution < -0.4 is 10.2 Å². The molecule has 1 aliphatic rings. The Hall–Kier alpha value is -2.93. The van der Waals surface area contributed by atoms with Crippen LogP contribution in [0, 0.1) is 6.92 Å². The minimum absolute atomic E-state index is 0.148. The van der Waals surface area contributed by atoms with Crippen molar-refractivity contribution < 1.29 is 4.79 Å². The molecule has 1 aromatic carbocycles. The number of benzene rings is 1. The highest BCUT2D eigenvalue weighted by Crippen LogP contribution is 2.23. The lowest BCUT2D eigenvalue weighted by molar-refractivity contribution is 0.102. The molecule has 0 atom stereocenters. The second-order valence-electron chi connectivity index (χ2n) is 6.54. The van der Waals surface area contributed by atoms with Crippen LogP contribution in [0.2, 0.25) is 0 Å². The fourth-order valence-electron chi connectivity index (χ4n) is 3.16. The van der Waals surface area contributed by atoms with Crippen LogP contribution in [0.5, 0.6) is 0 Å². The van der Waals surface area contributed by atoms with Gasteiger partial charge < -0.3 is 10.2 Å². The van der Waals surface area contributed by atoms with E-state index in [1.54, 1.807) is 12.3 Å². The number of aromatic nitrogens is 3. The number of carbonyl (C=O) groups excluding carboxylic acids is 1. The predicted molar refractivity (Wildman–Crippen MR) is 107 cm³/mol. The maximum absolute atomic E-state index is 12.6. The monoisotopic (exact) mass is 377 g/mol. The van der Waals surface area contributed by atoms with E-state index >= 15 is 0 Å². The Morgan fingerprint density at radius 2 is 2.11 bits per heavy atom. The van der Waals surface area contributed by atoms with Crippen LogP contribution in [0.3, 0.4) is 0 Å². The molecule has 0 saturated heterocycles. The Balaban J connectivity index is 1.52. The summed E-state index contributed by atoms with van der Waals surface area (Å²) in [5.74, 6) is 0.622. The first-order chi connectivity index (χ1) is 13.1. The molecule has 0 aliphatic carbocycles. The summed E-state index contributed by atoms with van der Waals surface area (Å²) >= 11 is 4.20. The number of thiol groups is 1. The summed E-state index contributed by atoms with van der Waals surface area (Å²) in [6.07, 6.45) is 4.28. The van der Waals surface area contributed by atoms with Crippen LogP contribution >= 0.6 is 12.6 Å². The Labute approximate surface area is 163 Å². The fourth-order valence-corrected chi connectivity index (χ4v) is 3.34. The van der Waals surface area contributed by atoms with Crippen molar-refractivity contribution in [1.82, 2.24) is 15.0 Å². The lowest BCUT2D eigenvalue weighted by atomic mass is 10.1. The van der Waals surface area contributed by atoms with Crippen molar-refractivity contribution in [3.8, 4) is 0 Å². The van der Waals surface area contributed by atoms with Gasteiger partial charge in [-0.2, -0.15) is 0 Å². The number of fused-ring (bicyclic) bond motifs is 1. The van der Waals surface area contributed by atoms with E-state index in [9.17, 15) is 4.79 Å². The van der Waals surface area contributed by atoms with Gasteiger partial charge in [-0.05, 0) is 36.8 Å². The van der Waals surface area contributed by atoms with Crippen molar-refractivity contribution in [3.05, 3.63) is 71.2 Å². The molecule has 1 N–H and O–H groups in total. The molecule has 6 nitrogen and oxygen atoms in total. The number of nitrogens with one attached hydrogen (secondary N) is 1. The molecule has 0 unspecified atom stereocenters. The summed E-state index contributed by atoms with van der Waals surface area (Å²) in [4.78, 5) is 27.7. The molecule has 3 heterocycles. The van der Waals surface area contributed by atoms with Crippen LogP contribution in [0.1, 0.15) is 27.2 Å². The molecule has 0 saturated carbocycles. The molecule has 27 heavy (non-hydrogen) atoms. The third-order valence-corrected chi connectivity index (χ3v) is 4.74. The number of anilines is 2. The van der Waals surface area contributed by atoms with E-state index < -0.39 is 0 Å². The molecule has 1 amide bonds. The van der Waals surface area contributed by atoms with Gasteiger partial charge in [-0.15, -0.1) is 12.6 Å². The van der Waals surface area contributed by atoms with Gasteiger partial charge >= 0.3 is 0 Å². The number of aryl methyl sites for hydroxylation is 1. The summed E-state index contributed by atoms with van der Waals surface area (Å²) in [5.41, 5.74) is 4.55. The standard InChI is InChI=1S/C20H19N5OS/c1-13-3-2-4-16(9-13)23-19(26)14-5-7-21-18(10-14)25-8-6-17-15(12-25)11-22-20(27)24-17/h2-5,7,9-11H,6,8,12H2,1H3,(H,23,26)(H,22,24,27). The minimum Gasteiger partial charge on any atom is -0.352 e. The van der Waals surface area contributed by atoms with Crippen molar-refractivity contribution >= 4 is 30.0 Å². The summed E-state index contributed by atoms with van der Waals surface area (Å²) in [6, 6.07) is 11.3. The van der Waals surface area contributed by atoms with E-state index in [1.807, 2.05) is 43.5 Å². The topological polar surface area (TPSA) is 71.0 Å². The summed E-state index contributed by atoms with van der Waals surface area (Å²) in [6.45, 7) is 3.45. The van der Waals surface area contributed by atoms with Gasteiger partial charge in [-0.3, -0.25) is 4.79 Å². The van der Waals surface area contributed by atoms with E-state index in [0.717, 1.165) is 41.3 Å². The highest BCUT2D eigenvalue weighted by molar-refractivity contribution is 7.80. The smallest absolute Gasteiger partial charge is 0.255 e. The molecule has 4 rings (SSSR count). The van der Waals surface area contributed by atoms with Gasteiger partial charge in [-0.1, -0.05) is 12.1 Å². The van der Waals surface area contributed by atoms with Gasteiger partial charge in [-0.25, -0.2) is 15.0 Å². The molecular formula is C20H19N5OS. The van der Waals surface area contributed by atoms with Gasteiger partial charge in [0.2, 0.25) is 0 Å². The molecule has 0 radical (unpaired) electrons. The molecule has 2 aromatic heterocycles. The summed E-state index contributed by atoms with van der Waals surface area (Å²) < 4.78 is 0. The zero-order valence-electron chi connectivity index (χ0n) is 14.9. The van der Waals surface area contributed by atoms with E-state index in [2.05, 4.69) is 37.8 Å². The van der Waals surface area contributed by atoms with Crippen LogP contribution in [0.15, 0.2) is 53.9 Å². The molecule has 136 valence electrons. The SMILES string of the molecule is Cc1cccc(NC(=O)c2ccnc(N3CCc4nc(S)ncc4C3)c2)c1. The van der Waals surface area contributed by atoms with Crippen LogP contribution in [-0.2, 0) is 13.0 Å². The van der Waals surface area contributed by atoms with Crippen molar-refractivity contribution in [2.24, 2.45) is 0 Å². The van der Waals surface area contributed by atoms with Gasteiger partial charge in [0.1, 0.15) is 5.82 Å². The van der Waals surface area contributed by atoms with Crippen molar-refractivity contribution in [3.63, 3.8) is 0 Å². The Kier molecular flexibility index (Phi) is 4.77. The lowest BCUT2D eigenvalue weighted by Gasteiger charge is -2.29. The molecule has 0 fully saturated rings. The van der Waals surface area contributed by atoms with Crippen molar-refractivity contribution in [2.45, 2.75) is 25.0 Å². The average Bonchev–Trinajstić information content (AvgIpc) is 2.67. The first-order valence-electron chi connectivity index (χ1n) is 8.71. The summed E-state index contributed by atoms with van der Waals surface area (Å²) in [7, 11) is 0. The molecule has 1 aliphatic heterocycles. The van der Waals surface area contributed by atoms with E-state index in [0.29, 0.717) is 17.3 Å². The first kappa shape index (κ1) is 17.5. The first-order valence-corrected chi connectivity index (χ1v) is 9.16. The quantitative estimate of drug-likeness (QED) is 0.541. The van der Waals surface area contributed by atoms with Gasteiger partial charge in [0.15, 0.2) is 5.16 Å². The van der Waals surface area contributed by atoms with Gasteiger partial charge in [0.05, 0.1) is 5.69 Å². The predicted octanol–water partition coefficient (Wildman–Crippen LogP) is 3.28. The van der Waals surface area contributed by atoms with E-state index in [1.165, 1.54) is 0 Å². The van der Waals surface area contributed by atoms with Crippen molar-refractivity contribution in [1.29, 1.82) is 0 Å². The third kappa shape index (κ3) is 3.93. The number of amides is 1. The molecule has 0 bridgehead atoms. The Bertz CT molecular complexity index is 1010. The maximum Gasteiger partial charge on any atom is 0.255 e. The Morgan fingerprint density at radius 3 is 2.96 bits per heavy atom. The molecular weight excluding hydrogens is 358 g/mol. The Morgan fingerprint density at radius 1 is 1.22 bits per heavy atom. The zero-order valence-corrected chi connectivity index (χ0v) is 15.8. The number of nitrogens with zero attached hydrogens (tertiary/aromatic N) is 4. The number of carbonyl (C=O) groups is 1. The fraction of sp³-hybridized carbons (Fsp3) is 0.200.